The minimum atomic E-state index is -0.546. The van der Waals surface area contributed by atoms with Crippen LogP contribution < -0.4 is 10.1 Å². The van der Waals surface area contributed by atoms with E-state index < -0.39 is 12.1 Å². The molecule has 0 spiro atoms. The number of ether oxygens (including phenoxy) is 2. The molecule has 0 radical (unpaired) electrons. The van der Waals surface area contributed by atoms with Crippen LogP contribution in [0.3, 0.4) is 0 Å². The molecule has 0 aliphatic heterocycles. The summed E-state index contributed by atoms with van der Waals surface area (Å²) in [7, 11) is 0. The normalized spacial score (nSPS) is 9.42. The Morgan fingerprint density at radius 1 is 1.32 bits per heavy atom. The van der Waals surface area contributed by atoms with Gasteiger partial charge in [0.25, 0.3) is 0 Å². The second kappa shape index (κ2) is 7.20. The Morgan fingerprint density at radius 3 is 2.68 bits per heavy atom. The highest BCUT2D eigenvalue weighted by Gasteiger charge is 2.05. The van der Waals surface area contributed by atoms with E-state index in [2.05, 4.69) is 5.32 Å². The molecule has 19 heavy (non-hydrogen) atoms. The summed E-state index contributed by atoms with van der Waals surface area (Å²) in [6, 6.07) is 6.53. The quantitative estimate of drug-likeness (QED) is 0.515. The lowest BCUT2D eigenvalue weighted by Gasteiger charge is -2.07. The summed E-state index contributed by atoms with van der Waals surface area (Å²) < 4.78 is 9.85. The molecular formula is C14H17NO4. The number of allylic oxidation sites excluding steroid dienone is 1. The highest BCUT2D eigenvalue weighted by molar-refractivity contribution is 5.86. The molecule has 0 aliphatic carbocycles. The van der Waals surface area contributed by atoms with Crippen LogP contribution in [0.15, 0.2) is 35.9 Å². The molecule has 0 fully saturated rings. The highest BCUT2D eigenvalue weighted by Crippen LogP contribution is 2.18. The number of esters is 1. The van der Waals surface area contributed by atoms with Crippen LogP contribution in [-0.4, -0.2) is 18.7 Å². The van der Waals surface area contributed by atoms with Gasteiger partial charge in [-0.1, -0.05) is 11.6 Å². The molecule has 0 bridgehead atoms. The maximum absolute atomic E-state index is 11.4. The van der Waals surface area contributed by atoms with Crippen LogP contribution in [0.25, 0.3) is 0 Å². The van der Waals surface area contributed by atoms with E-state index >= 15 is 0 Å². The van der Waals surface area contributed by atoms with Gasteiger partial charge < -0.3 is 9.47 Å². The van der Waals surface area contributed by atoms with E-state index in [0.29, 0.717) is 18.0 Å². The van der Waals surface area contributed by atoms with Crippen molar-refractivity contribution in [2.24, 2.45) is 0 Å². The van der Waals surface area contributed by atoms with Gasteiger partial charge in [-0.15, -0.1) is 0 Å². The molecule has 5 nitrogen and oxygen atoms in total. The van der Waals surface area contributed by atoms with Crippen molar-refractivity contribution in [2.75, 3.05) is 11.9 Å². The van der Waals surface area contributed by atoms with Crippen molar-refractivity contribution >= 4 is 17.7 Å². The summed E-state index contributed by atoms with van der Waals surface area (Å²) in [4.78, 5) is 22.7. The Morgan fingerprint density at radius 2 is 2.05 bits per heavy atom. The van der Waals surface area contributed by atoms with Gasteiger partial charge in [-0.3, -0.25) is 5.32 Å². The van der Waals surface area contributed by atoms with Crippen molar-refractivity contribution < 1.29 is 19.1 Å². The molecule has 0 heterocycles. The van der Waals surface area contributed by atoms with Crippen LogP contribution in [-0.2, 0) is 9.53 Å². The summed E-state index contributed by atoms with van der Waals surface area (Å²) in [6.07, 6.45) is 0.848. The third kappa shape index (κ3) is 5.72. The summed E-state index contributed by atoms with van der Waals surface area (Å²) in [5.74, 6) is -0.0925. The predicted octanol–water partition coefficient (Wildman–Crippen LogP) is 3.13. The van der Waals surface area contributed by atoms with Crippen LogP contribution in [0.5, 0.6) is 5.75 Å². The molecule has 1 aromatic rings. The van der Waals surface area contributed by atoms with E-state index in [0.717, 1.165) is 5.57 Å². The topological polar surface area (TPSA) is 64.6 Å². The summed E-state index contributed by atoms with van der Waals surface area (Å²) >= 11 is 0. The van der Waals surface area contributed by atoms with Crippen molar-refractivity contribution in [3.63, 3.8) is 0 Å². The van der Waals surface area contributed by atoms with Crippen LogP contribution in [0, 0.1) is 0 Å². The zero-order valence-corrected chi connectivity index (χ0v) is 11.2. The Balaban J connectivity index is 2.69. The monoisotopic (exact) mass is 263 g/mol. The van der Waals surface area contributed by atoms with Crippen LogP contribution in [0.4, 0.5) is 10.5 Å². The fourth-order valence-corrected chi connectivity index (χ4v) is 1.30. The molecule has 0 aliphatic rings. The van der Waals surface area contributed by atoms with Crippen molar-refractivity contribution in [2.45, 2.75) is 20.8 Å². The first kappa shape index (κ1) is 14.8. The van der Waals surface area contributed by atoms with Gasteiger partial charge in [0, 0.05) is 17.8 Å². The molecule has 0 aromatic heterocycles. The lowest BCUT2D eigenvalue weighted by molar-refractivity contribution is -0.129. The van der Waals surface area contributed by atoms with Gasteiger partial charge in [0.05, 0.1) is 6.61 Å². The second-order valence-electron chi connectivity index (χ2n) is 4.02. The van der Waals surface area contributed by atoms with Gasteiger partial charge in [-0.25, -0.2) is 9.59 Å². The van der Waals surface area contributed by atoms with Gasteiger partial charge >= 0.3 is 12.1 Å². The number of rotatable bonds is 4. The third-order valence-corrected chi connectivity index (χ3v) is 1.98. The molecule has 102 valence electrons. The summed E-state index contributed by atoms with van der Waals surface area (Å²) in [5, 5.41) is 2.53. The zero-order valence-electron chi connectivity index (χ0n) is 11.2. The third-order valence-electron chi connectivity index (χ3n) is 1.98. The minimum absolute atomic E-state index is 0.293. The minimum Gasteiger partial charge on any atom is -0.450 e. The van der Waals surface area contributed by atoms with Gasteiger partial charge in [0.15, 0.2) is 0 Å². The Bertz CT molecular complexity index is 490. The molecule has 1 rings (SSSR count). The zero-order chi connectivity index (χ0) is 14.3. The molecule has 1 aromatic carbocycles. The van der Waals surface area contributed by atoms with Crippen LogP contribution in [0.1, 0.15) is 20.8 Å². The van der Waals surface area contributed by atoms with Gasteiger partial charge in [-0.2, -0.15) is 0 Å². The van der Waals surface area contributed by atoms with E-state index in [1.807, 2.05) is 0 Å². The van der Waals surface area contributed by atoms with E-state index in [1.165, 1.54) is 6.08 Å². The standard InChI is InChI=1S/C14H17NO4/c1-4-18-14(17)15-11-6-5-7-12(9-11)19-13(16)8-10(2)3/h5-9H,4H2,1-3H3,(H,15,17). The first-order valence-corrected chi connectivity index (χ1v) is 5.92. The predicted molar refractivity (Wildman–Crippen MR) is 72.2 cm³/mol. The Hall–Kier alpha value is -2.30. The van der Waals surface area contributed by atoms with E-state index in [-0.39, 0.29) is 0 Å². The van der Waals surface area contributed by atoms with E-state index in [9.17, 15) is 9.59 Å². The van der Waals surface area contributed by atoms with Crippen LogP contribution >= 0.6 is 0 Å². The SMILES string of the molecule is CCOC(=O)Nc1cccc(OC(=O)C=C(C)C)c1. The number of amides is 1. The number of nitrogens with one attached hydrogen (secondary N) is 1. The molecule has 5 heteroatoms. The lowest BCUT2D eigenvalue weighted by Crippen LogP contribution is -2.13. The van der Waals surface area contributed by atoms with Gasteiger partial charge in [-0.05, 0) is 32.9 Å². The summed E-state index contributed by atoms with van der Waals surface area (Å²) in [5.41, 5.74) is 1.35. The maximum atomic E-state index is 11.4. The smallest absolute Gasteiger partial charge is 0.411 e. The molecule has 0 unspecified atom stereocenters. The van der Waals surface area contributed by atoms with Crippen molar-refractivity contribution in [1.82, 2.24) is 0 Å². The second-order valence-corrected chi connectivity index (χ2v) is 4.02. The molecule has 0 atom stereocenters. The highest BCUT2D eigenvalue weighted by atomic mass is 16.5. The molecule has 0 saturated carbocycles. The summed E-state index contributed by atoms with van der Waals surface area (Å²) in [6.45, 7) is 5.62. The largest absolute Gasteiger partial charge is 0.450 e. The number of hydrogen-bond acceptors (Lipinski definition) is 4. The van der Waals surface area contributed by atoms with E-state index in [1.54, 1.807) is 45.0 Å². The fraction of sp³-hybridized carbons (Fsp3) is 0.286. The fourth-order valence-electron chi connectivity index (χ4n) is 1.30. The number of carbonyl (C=O) groups is 2. The van der Waals surface area contributed by atoms with Gasteiger partial charge in [0.2, 0.25) is 0 Å². The Kier molecular flexibility index (Phi) is 5.60. The van der Waals surface area contributed by atoms with Crippen molar-refractivity contribution in [3.8, 4) is 5.75 Å². The molecule has 1 amide bonds. The maximum Gasteiger partial charge on any atom is 0.411 e. The van der Waals surface area contributed by atoms with Crippen LogP contribution in [0.2, 0.25) is 0 Å². The molecular weight excluding hydrogens is 246 g/mol. The van der Waals surface area contributed by atoms with Crippen molar-refractivity contribution in [3.05, 3.63) is 35.9 Å². The van der Waals surface area contributed by atoms with E-state index in [4.69, 9.17) is 9.47 Å². The number of carbonyl (C=O) groups excluding carboxylic acids is 2. The molecule has 0 saturated heterocycles. The number of hydrogen-bond donors (Lipinski definition) is 1. The van der Waals surface area contributed by atoms with Crippen molar-refractivity contribution in [1.29, 1.82) is 0 Å². The number of anilines is 1. The first-order valence-electron chi connectivity index (χ1n) is 5.92. The first-order chi connectivity index (χ1) is 9.01. The lowest BCUT2D eigenvalue weighted by atomic mass is 10.3. The number of benzene rings is 1. The average molecular weight is 263 g/mol. The molecule has 1 N–H and O–H groups in total. The van der Waals surface area contributed by atoms with Gasteiger partial charge in [0.1, 0.15) is 5.75 Å². The average Bonchev–Trinajstić information content (AvgIpc) is 2.28. The Labute approximate surface area is 112 Å².